The fourth-order valence-electron chi connectivity index (χ4n) is 6.32. The summed E-state index contributed by atoms with van der Waals surface area (Å²) in [5, 5.41) is 9.05. The molecule has 5 aliphatic rings. The van der Waals surface area contributed by atoms with Crippen molar-refractivity contribution < 1.29 is 37.2 Å². The number of rotatable bonds is 9. The van der Waals surface area contributed by atoms with Crippen molar-refractivity contribution in [1.29, 1.82) is 0 Å². The van der Waals surface area contributed by atoms with Crippen molar-refractivity contribution in [3.05, 3.63) is 72.3 Å². The van der Waals surface area contributed by atoms with E-state index in [1.165, 1.54) is 11.0 Å². The quantitative estimate of drug-likeness (QED) is 0.233. The van der Waals surface area contributed by atoms with Crippen LogP contribution in [0.25, 0.3) is 11.1 Å². The number of hydrogen-bond acceptors (Lipinski definition) is 9. The van der Waals surface area contributed by atoms with Crippen molar-refractivity contribution in [3.63, 3.8) is 0 Å². The third kappa shape index (κ3) is 5.12. The van der Waals surface area contributed by atoms with Gasteiger partial charge in [0.15, 0.2) is 0 Å². The van der Waals surface area contributed by atoms with Crippen LogP contribution in [0.15, 0.2) is 66.3 Å². The van der Waals surface area contributed by atoms with Gasteiger partial charge in [0.2, 0.25) is 21.8 Å². The average molecular weight is 634 g/mol. The molecule has 2 saturated carbocycles. The lowest BCUT2D eigenvalue weighted by Crippen LogP contribution is -2.58. The van der Waals surface area contributed by atoms with Gasteiger partial charge in [-0.15, -0.1) is 6.58 Å². The minimum atomic E-state index is -3.86. The molecule has 2 aliphatic heterocycles. The highest BCUT2D eigenvalue weighted by Gasteiger charge is 2.62. The van der Waals surface area contributed by atoms with E-state index in [-0.39, 0.29) is 26.0 Å². The Morgan fingerprint density at radius 2 is 1.71 bits per heavy atom. The van der Waals surface area contributed by atoms with Gasteiger partial charge >= 0.3 is 6.09 Å². The highest BCUT2D eigenvalue weighted by atomic mass is 32.2. The Hall–Kier alpha value is -4.72. The molecule has 2 heterocycles. The van der Waals surface area contributed by atoms with Crippen LogP contribution in [0.4, 0.5) is 4.79 Å². The van der Waals surface area contributed by atoms with Crippen molar-refractivity contribution in [2.24, 2.45) is 11.1 Å². The molecule has 0 spiro atoms. The van der Waals surface area contributed by atoms with Crippen LogP contribution in [-0.2, 0) is 34.0 Å². The number of benzene rings is 2. The Labute approximate surface area is 259 Å². The van der Waals surface area contributed by atoms with Crippen LogP contribution in [0.3, 0.4) is 0 Å². The van der Waals surface area contributed by atoms with Crippen LogP contribution in [0.1, 0.15) is 36.8 Å². The predicted molar refractivity (Wildman–Crippen MR) is 160 cm³/mol. The zero-order chi connectivity index (χ0) is 31.5. The second kappa shape index (κ2) is 10.7. The van der Waals surface area contributed by atoms with E-state index in [0.717, 1.165) is 22.3 Å². The van der Waals surface area contributed by atoms with Crippen LogP contribution >= 0.6 is 0 Å². The molecule has 234 valence electrons. The van der Waals surface area contributed by atoms with Gasteiger partial charge in [-0.1, -0.05) is 59.8 Å². The number of ether oxygens (including phenoxy) is 1. The van der Waals surface area contributed by atoms with Crippen LogP contribution in [-0.4, -0.2) is 85.0 Å². The maximum Gasteiger partial charge on any atom is 0.407 e. The van der Waals surface area contributed by atoms with Crippen molar-refractivity contribution in [1.82, 2.24) is 20.3 Å². The molecule has 2 aromatic rings. The molecule has 0 aromatic heterocycles. The van der Waals surface area contributed by atoms with E-state index in [9.17, 15) is 27.6 Å². The van der Waals surface area contributed by atoms with Crippen LogP contribution in [0.2, 0.25) is 0 Å². The summed E-state index contributed by atoms with van der Waals surface area (Å²) < 4.78 is 32.0. The van der Waals surface area contributed by atoms with E-state index < -0.39 is 68.7 Å². The summed E-state index contributed by atoms with van der Waals surface area (Å²) >= 11 is 0. The first-order chi connectivity index (χ1) is 21.6. The minimum Gasteiger partial charge on any atom is -0.447 e. The fourth-order valence-corrected chi connectivity index (χ4v) is 7.69. The van der Waals surface area contributed by atoms with Gasteiger partial charge < -0.3 is 25.1 Å². The van der Waals surface area contributed by atoms with Crippen LogP contribution in [0.5, 0.6) is 0 Å². The Morgan fingerprint density at radius 3 is 2.27 bits per heavy atom. The summed E-state index contributed by atoms with van der Waals surface area (Å²) in [5.41, 5.74) is 2.92. The van der Waals surface area contributed by atoms with Crippen molar-refractivity contribution in [2.75, 3.05) is 13.2 Å². The number of cyclic esters (lactones) is 1. The third-order valence-corrected chi connectivity index (χ3v) is 10.8. The standard InChI is InChI=1S/C31H31N5O8S/c1-2-17-14-31(17,29(39)35-45(41,42)19-11-12-19)33-27(37)25-13-18(15-36(25)28(38)24-16-43-30(40)32-24)44-34-26-22-9-5-3-7-20(22)21-8-4-6-10-23(21)26/h2-10,17-19,24-25H,1,11-16H2,(H,32,40)(H,33,37)(H,35,39)/t17-,18-,24+,25+,31-/m1/s1. The lowest BCUT2D eigenvalue weighted by Gasteiger charge is -2.27. The van der Waals surface area contributed by atoms with Gasteiger partial charge in [0.1, 0.15) is 36.0 Å². The van der Waals surface area contributed by atoms with Gasteiger partial charge in [-0.2, -0.15) is 0 Å². The molecule has 4 fully saturated rings. The Bertz CT molecular complexity index is 1720. The number of carbonyl (C=O) groups is 4. The number of oxime groups is 1. The molecule has 4 amide bonds. The molecule has 45 heavy (non-hydrogen) atoms. The average Bonchev–Trinajstić information content (AvgIpc) is 3.89. The number of amides is 4. The monoisotopic (exact) mass is 633 g/mol. The normalized spacial score (nSPS) is 27.9. The molecule has 5 atom stereocenters. The molecule has 7 rings (SSSR count). The number of likely N-dealkylation sites (tertiary alicyclic amines) is 1. The summed E-state index contributed by atoms with van der Waals surface area (Å²) in [7, 11) is -3.86. The molecule has 3 N–H and O–H groups in total. The Morgan fingerprint density at radius 1 is 1.07 bits per heavy atom. The highest BCUT2D eigenvalue weighted by Crippen LogP contribution is 2.45. The predicted octanol–water partition coefficient (Wildman–Crippen LogP) is 1.18. The molecule has 2 saturated heterocycles. The van der Waals surface area contributed by atoms with Gasteiger partial charge in [0.25, 0.3) is 5.91 Å². The third-order valence-electron chi connectivity index (χ3n) is 9.02. The number of carbonyl (C=O) groups excluding carboxylic acids is 4. The maximum absolute atomic E-state index is 13.8. The van der Waals surface area contributed by atoms with Gasteiger partial charge in [0.05, 0.1) is 11.8 Å². The maximum atomic E-state index is 13.8. The molecule has 0 bridgehead atoms. The number of nitrogens with zero attached hydrogens (tertiary/aromatic N) is 2. The lowest BCUT2D eigenvalue weighted by molar-refractivity contribution is -0.141. The van der Waals surface area contributed by atoms with Crippen LogP contribution in [0, 0.1) is 5.92 Å². The van der Waals surface area contributed by atoms with Crippen LogP contribution < -0.4 is 15.4 Å². The molecule has 0 radical (unpaired) electrons. The number of nitrogens with one attached hydrogen (secondary N) is 3. The topological polar surface area (TPSA) is 173 Å². The summed E-state index contributed by atoms with van der Waals surface area (Å²) in [4.78, 5) is 59.6. The molecule has 3 aliphatic carbocycles. The fraction of sp³-hybridized carbons (Fsp3) is 0.387. The van der Waals surface area contributed by atoms with E-state index in [0.29, 0.717) is 18.6 Å². The molecule has 14 heteroatoms. The second-order valence-corrected chi connectivity index (χ2v) is 13.9. The summed E-state index contributed by atoms with van der Waals surface area (Å²) in [6, 6.07) is 13.5. The van der Waals surface area contributed by atoms with E-state index in [4.69, 9.17) is 9.57 Å². The Kier molecular flexibility index (Phi) is 6.91. The summed E-state index contributed by atoms with van der Waals surface area (Å²) in [5.74, 6) is -2.54. The van der Waals surface area contributed by atoms with Gasteiger partial charge in [-0.05, 0) is 30.4 Å². The van der Waals surface area contributed by atoms with Crippen molar-refractivity contribution in [3.8, 4) is 11.1 Å². The minimum absolute atomic E-state index is 0.0243. The molecule has 2 aromatic carbocycles. The van der Waals surface area contributed by atoms with Crippen molar-refractivity contribution >= 4 is 39.5 Å². The zero-order valence-corrected chi connectivity index (χ0v) is 24.9. The zero-order valence-electron chi connectivity index (χ0n) is 24.1. The largest absolute Gasteiger partial charge is 0.447 e. The second-order valence-electron chi connectivity index (χ2n) is 12.0. The van der Waals surface area contributed by atoms with E-state index >= 15 is 0 Å². The SMILES string of the molecule is C=C[C@@H]1C[C@]1(NC(=O)[C@@H]1C[C@@H](ON=C2c3ccccc3-c3ccccc32)CN1C(=O)[C@@H]1COC(=O)N1)C(=O)NS(=O)(=O)C1CC1. The number of hydrogen-bond donors (Lipinski definition) is 3. The Balaban J connectivity index is 1.13. The smallest absolute Gasteiger partial charge is 0.407 e. The number of alkyl carbamates (subject to hydrolysis) is 1. The molecule has 13 nitrogen and oxygen atoms in total. The number of sulfonamides is 1. The first-order valence-electron chi connectivity index (χ1n) is 14.8. The van der Waals surface area contributed by atoms with E-state index in [2.05, 4.69) is 27.1 Å². The highest BCUT2D eigenvalue weighted by molar-refractivity contribution is 7.91. The van der Waals surface area contributed by atoms with Gasteiger partial charge in [0, 0.05) is 23.5 Å². The van der Waals surface area contributed by atoms with Gasteiger partial charge in [-0.25, -0.2) is 13.2 Å². The lowest BCUT2D eigenvalue weighted by atomic mass is 10.1. The first kappa shape index (κ1) is 29.0. The summed E-state index contributed by atoms with van der Waals surface area (Å²) in [6.07, 6.45) is 1.18. The van der Waals surface area contributed by atoms with Gasteiger partial charge in [-0.3, -0.25) is 19.1 Å². The van der Waals surface area contributed by atoms with Crippen molar-refractivity contribution in [2.45, 2.75) is 54.7 Å². The first-order valence-corrected chi connectivity index (χ1v) is 16.3. The van der Waals surface area contributed by atoms with E-state index in [1.54, 1.807) is 0 Å². The number of fused-ring (bicyclic) bond motifs is 3. The molecule has 0 unspecified atom stereocenters. The molecular formula is C31H31N5O8S. The molecular weight excluding hydrogens is 602 g/mol. The summed E-state index contributed by atoms with van der Waals surface area (Å²) in [6.45, 7) is 3.50. The van der Waals surface area contributed by atoms with E-state index in [1.807, 2.05) is 48.5 Å².